The van der Waals surface area contributed by atoms with Gasteiger partial charge in [-0.15, -0.1) is 0 Å². The molecule has 0 radical (unpaired) electrons. The summed E-state index contributed by atoms with van der Waals surface area (Å²) in [6.07, 6.45) is 7.10. The van der Waals surface area contributed by atoms with Crippen LogP contribution < -0.4 is 0 Å². The van der Waals surface area contributed by atoms with E-state index in [-0.39, 0.29) is 11.2 Å². The highest BCUT2D eigenvalue weighted by Gasteiger charge is 2.39. The second kappa shape index (κ2) is 4.61. The van der Waals surface area contributed by atoms with E-state index in [1.807, 2.05) is 0 Å². The molecule has 17 heavy (non-hydrogen) atoms. The molecule has 0 aromatic carbocycles. The number of pyridine rings is 1. The van der Waals surface area contributed by atoms with Crippen molar-refractivity contribution in [2.24, 2.45) is 0 Å². The van der Waals surface area contributed by atoms with Gasteiger partial charge in [0, 0.05) is 18.1 Å². The van der Waals surface area contributed by atoms with Crippen molar-refractivity contribution in [3.8, 4) is 0 Å². The summed E-state index contributed by atoms with van der Waals surface area (Å²) in [5, 5.41) is 10.5. The first kappa shape index (κ1) is 11.7. The summed E-state index contributed by atoms with van der Waals surface area (Å²) in [5.74, 6) is -0.126. The predicted molar refractivity (Wildman–Crippen MR) is 61.7 cm³/mol. The number of aldehydes is 1. The van der Waals surface area contributed by atoms with Crippen LogP contribution in [0.1, 0.15) is 37.7 Å². The molecule has 0 aliphatic heterocycles. The van der Waals surface area contributed by atoms with E-state index in [4.69, 9.17) is 0 Å². The predicted octanol–water partition coefficient (Wildman–Crippen LogP) is 2.39. The van der Waals surface area contributed by atoms with Gasteiger partial charge in [0.05, 0.1) is 0 Å². The van der Waals surface area contributed by atoms with Crippen LogP contribution in [0.3, 0.4) is 0 Å². The van der Waals surface area contributed by atoms with Crippen molar-refractivity contribution in [1.29, 1.82) is 0 Å². The highest BCUT2D eigenvalue weighted by Crippen LogP contribution is 2.46. The first-order chi connectivity index (χ1) is 8.18. The summed E-state index contributed by atoms with van der Waals surface area (Å²) < 4.78 is 0. The number of hydrogen-bond donors (Lipinski definition) is 0. The minimum Gasteiger partial charge on any atom is -0.358 e. The number of nitrogens with zero attached hydrogens (tertiary/aromatic N) is 2. The summed E-state index contributed by atoms with van der Waals surface area (Å²) in [6, 6.07) is 3.21. The van der Waals surface area contributed by atoms with Gasteiger partial charge >= 0.3 is 5.82 Å². The largest absolute Gasteiger partial charge is 0.363 e. The van der Waals surface area contributed by atoms with Gasteiger partial charge in [-0.3, -0.25) is 0 Å². The molecule has 2 rings (SSSR count). The molecule has 0 saturated heterocycles. The van der Waals surface area contributed by atoms with E-state index in [9.17, 15) is 14.9 Å². The number of carbonyl (C=O) groups excluding carboxylic acids is 1. The standard InChI is InChI=1S/C12H14N2O3/c15-8-2-7-12(5-1-6-12)10-3-4-11(13-9-10)14(16)17/h3-4,8-9H,1-2,5-7H2. The molecule has 5 heteroatoms. The minimum absolute atomic E-state index is 0.0308. The monoisotopic (exact) mass is 234 g/mol. The Bertz CT molecular complexity index is 424. The summed E-state index contributed by atoms with van der Waals surface area (Å²) in [4.78, 5) is 24.3. The van der Waals surface area contributed by atoms with Gasteiger partial charge in [-0.25, -0.2) is 0 Å². The van der Waals surface area contributed by atoms with Crippen molar-refractivity contribution in [2.45, 2.75) is 37.5 Å². The van der Waals surface area contributed by atoms with Crippen molar-refractivity contribution >= 4 is 12.1 Å². The van der Waals surface area contributed by atoms with Crippen LogP contribution in [0.25, 0.3) is 0 Å². The molecule has 1 aromatic heterocycles. The topological polar surface area (TPSA) is 73.1 Å². The minimum atomic E-state index is -0.497. The lowest BCUT2D eigenvalue weighted by Crippen LogP contribution is -2.34. The Hall–Kier alpha value is -1.78. The molecule has 0 amide bonds. The molecule has 1 saturated carbocycles. The van der Waals surface area contributed by atoms with Crippen LogP contribution in [0, 0.1) is 10.1 Å². The quantitative estimate of drug-likeness (QED) is 0.445. The Morgan fingerprint density at radius 1 is 1.47 bits per heavy atom. The summed E-state index contributed by atoms with van der Waals surface area (Å²) in [5.41, 5.74) is 1.06. The molecule has 0 N–H and O–H groups in total. The average Bonchev–Trinajstić information content (AvgIpc) is 2.28. The maximum Gasteiger partial charge on any atom is 0.363 e. The van der Waals surface area contributed by atoms with Crippen LogP contribution in [0.4, 0.5) is 5.82 Å². The van der Waals surface area contributed by atoms with Crippen LogP contribution in [-0.4, -0.2) is 16.2 Å². The lowest BCUT2D eigenvalue weighted by Gasteiger charge is -2.41. The Balaban J connectivity index is 2.19. The van der Waals surface area contributed by atoms with Crippen molar-refractivity contribution in [1.82, 2.24) is 4.98 Å². The SMILES string of the molecule is O=CCCC1(c2ccc([N+](=O)[O-])nc2)CCC1. The van der Waals surface area contributed by atoms with Crippen molar-refractivity contribution in [3.05, 3.63) is 34.0 Å². The van der Waals surface area contributed by atoms with Crippen LogP contribution >= 0.6 is 0 Å². The number of nitro groups is 1. The van der Waals surface area contributed by atoms with Gasteiger partial charge < -0.3 is 14.9 Å². The maximum atomic E-state index is 10.5. The van der Waals surface area contributed by atoms with Gasteiger partial charge in [0.1, 0.15) is 12.5 Å². The van der Waals surface area contributed by atoms with E-state index in [0.717, 1.165) is 37.5 Å². The van der Waals surface area contributed by atoms with E-state index in [2.05, 4.69) is 4.98 Å². The van der Waals surface area contributed by atoms with Gasteiger partial charge in [0.15, 0.2) is 0 Å². The second-order valence-corrected chi connectivity index (χ2v) is 4.50. The van der Waals surface area contributed by atoms with Crippen molar-refractivity contribution < 1.29 is 9.72 Å². The normalized spacial score (nSPS) is 17.2. The Morgan fingerprint density at radius 3 is 2.65 bits per heavy atom. The molecule has 0 unspecified atom stereocenters. The molecule has 5 nitrogen and oxygen atoms in total. The zero-order valence-electron chi connectivity index (χ0n) is 9.46. The molecule has 1 heterocycles. The fourth-order valence-electron chi connectivity index (χ4n) is 2.43. The second-order valence-electron chi connectivity index (χ2n) is 4.50. The zero-order valence-corrected chi connectivity index (χ0v) is 9.46. The first-order valence-electron chi connectivity index (χ1n) is 5.72. The van der Waals surface area contributed by atoms with Crippen molar-refractivity contribution in [3.63, 3.8) is 0 Å². The molecular weight excluding hydrogens is 220 g/mol. The van der Waals surface area contributed by atoms with Crippen molar-refractivity contribution in [2.75, 3.05) is 0 Å². The Morgan fingerprint density at radius 2 is 2.24 bits per heavy atom. The molecule has 0 bridgehead atoms. The third-order valence-electron chi connectivity index (χ3n) is 3.60. The number of rotatable bonds is 5. The number of aromatic nitrogens is 1. The van der Waals surface area contributed by atoms with E-state index >= 15 is 0 Å². The summed E-state index contributed by atoms with van der Waals surface area (Å²) >= 11 is 0. The molecule has 1 aliphatic carbocycles. The fourth-order valence-corrected chi connectivity index (χ4v) is 2.43. The van der Waals surface area contributed by atoms with E-state index < -0.39 is 4.92 Å². The van der Waals surface area contributed by atoms with E-state index in [1.165, 1.54) is 6.07 Å². The van der Waals surface area contributed by atoms with Crippen LogP contribution in [0.2, 0.25) is 0 Å². The number of carbonyl (C=O) groups is 1. The Kier molecular flexibility index (Phi) is 3.17. The lowest BCUT2D eigenvalue weighted by atomic mass is 9.62. The Labute approximate surface area is 99.0 Å². The van der Waals surface area contributed by atoms with Gasteiger partial charge in [0.2, 0.25) is 0 Å². The van der Waals surface area contributed by atoms with Gasteiger partial charge in [-0.2, -0.15) is 0 Å². The third-order valence-corrected chi connectivity index (χ3v) is 3.60. The molecule has 1 aliphatic rings. The van der Waals surface area contributed by atoms with Crippen LogP contribution in [-0.2, 0) is 10.2 Å². The summed E-state index contributed by atoms with van der Waals surface area (Å²) in [7, 11) is 0. The van der Waals surface area contributed by atoms with Gasteiger partial charge in [-0.05, 0) is 40.7 Å². The van der Waals surface area contributed by atoms with E-state index in [0.29, 0.717) is 6.42 Å². The summed E-state index contributed by atoms with van der Waals surface area (Å²) in [6.45, 7) is 0. The smallest absolute Gasteiger partial charge is 0.358 e. The lowest BCUT2D eigenvalue weighted by molar-refractivity contribution is -0.389. The molecule has 0 spiro atoms. The molecule has 90 valence electrons. The van der Waals surface area contributed by atoms with Gasteiger partial charge in [-0.1, -0.05) is 6.42 Å². The molecule has 0 atom stereocenters. The molecule has 1 aromatic rings. The maximum absolute atomic E-state index is 10.5. The van der Waals surface area contributed by atoms with Crippen LogP contribution in [0.15, 0.2) is 18.3 Å². The number of hydrogen-bond acceptors (Lipinski definition) is 4. The fraction of sp³-hybridized carbons (Fsp3) is 0.500. The van der Waals surface area contributed by atoms with Gasteiger partial charge in [0.25, 0.3) is 0 Å². The van der Waals surface area contributed by atoms with Crippen LogP contribution in [0.5, 0.6) is 0 Å². The highest BCUT2D eigenvalue weighted by atomic mass is 16.6. The first-order valence-corrected chi connectivity index (χ1v) is 5.72. The zero-order chi connectivity index (χ0) is 12.3. The van der Waals surface area contributed by atoms with E-state index in [1.54, 1.807) is 12.3 Å². The highest BCUT2D eigenvalue weighted by molar-refractivity contribution is 5.50. The molecular formula is C12H14N2O3. The molecule has 1 fully saturated rings. The average molecular weight is 234 g/mol. The third kappa shape index (κ3) is 2.18.